The Morgan fingerprint density at radius 1 is 1.12 bits per heavy atom. The van der Waals surface area contributed by atoms with Gasteiger partial charge in [-0.05, 0) is 53.6 Å². The SMILES string of the molecule is O=C(COc1ccc(/C=C2\Cc3ccc(Cl)cc3C2=O)cc1)Nc1nc2ccccc2s1. The first kappa shape index (κ1) is 20.4. The van der Waals surface area contributed by atoms with Gasteiger partial charge in [-0.15, -0.1) is 0 Å². The molecule has 32 heavy (non-hydrogen) atoms. The number of benzene rings is 3. The van der Waals surface area contributed by atoms with E-state index >= 15 is 0 Å². The molecule has 7 heteroatoms. The Kier molecular flexibility index (Phi) is 5.47. The van der Waals surface area contributed by atoms with E-state index < -0.39 is 0 Å². The van der Waals surface area contributed by atoms with Crippen LogP contribution in [-0.2, 0) is 11.2 Å². The molecule has 1 aliphatic carbocycles. The predicted molar refractivity (Wildman–Crippen MR) is 128 cm³/mol. The van der Waals surface area contributed by atoms with E-state index in [1.807, 2.05) is 48.5 Å². The van der Waals surface area contributed by atoms with Crippen molar-refractivity contribution in [3.05, 3.63) is 94.0 Å². The lowest BCUT2D eigenvalue weighted by Gasteiger charge is -2.06. The Balaban J connectivity index is 1.19. The second kappa shape index (κ2) is 8.57. The number of hydrogen-bond acceptors (Lipinski definition) is 5. The summed E-state index contributed by atoms with van der Waals surface area (Å²) in [4.78, 5) is 29.2. The number of carbonyl (C=O) groups excluding carboxylic acids is 2. The van der Waals surface area contributed by atoms with Crippen LogP contribution in [0.1, 0.15) is 21.5 Å². The minimum absolute atomic E-state index is 0.00865. The first-order valence-corrected chi connectivity index (χ1v) is 11.2. The van der Waals surface area contributed by atoms with Gasteiger partial charge in [-0.1, -0.05) is 53.3 Å². The molecule has 1 N–H and O–H groups in total. The molecule has 3 aromatic carbocycles. The standard InChI is InChI=1S/C25H17ClN2O3S/c26-18-8-7-16-12-17(24(30)20(16)13-18)11-15-5-9-19(10-6-15)31-14-23(29)28-25-27-21-3-1-2-4-22(21)32-25/h1-11,13H,12,14H2,(H,27,28,29)/b17-11+. The highest BCUT2D eigenvalue weighted by molar-refractivity contribution is 7.22. The van der Waals surface area contributed by atoms with Gasteiger partial charge in [0, 0.05) is 22.6 Å². The fourth-order valence-electron chi connectivity index (χ4n) is 3.58. The van der Waals surface area contributed by atoms with Gasteiger partial charge in [0.2, 0.25) is 0 Å². The van der Waals surface area contributed by atoms with Crippen molar-refractivity contribution in [2.75, 3.05) is 11.9 Å². The second-order valence-electron chi connectivity index (χ2n) is 7.37. The third-order valence-corrected chi connectivity index (χ3v) is 6.31. The van der Waals surface area contributed by atoms with Crippen LogP contribution in [0.4, 0.5) is 5.13 Å². The number of halogens is 1. The van der Waals surface area contributed by atoms with Gasteiger partial charge < -0.3 is 4.74 Å². The maximum absolute atomic E-state index is 12.6. The third kappa shape index (κ3) is 4.28. The van der Waals surface area contributed by atoms with E-state index in [-0.39, 0.29) is 18.3 Å². The zero-order valence-corrected chi connectivity index (χ0v) is 18.4. The minimum atomic E-state index is -0.275. The molecule has 0 spiro atoms. The number of aromatic nitrogens is 1. The van der Waals surface area contributed by atoms with Gasteiger partial charge >= 0.3 is 0 Å². The zero-order chi connectivity index (χ0) is 22.1. The van der Waals surface area contributed by atoms with Crippen molar-refractivity contribution in [1.29, 1.82) is 0 Å². The number of allylic oxidation sites excluding steroid dienone is 1. The van der Waals surface area contributed by atoms with Crippen LogP contribution in [0.3, 0.4) is 0 Å². The van der Waals surface area contributed by atoms with Crippen molar-refractivity contribution in [2.24, 2.45) is 0 Å². The number of carbonyl (C=O) groups is 2. The number of nitrogens with one attached hydrogen (secondary N) is 1. The van der Waals surface area contributed by atoms with Crippen molar-refractivity contribution in [1.82, 2.24) is 4.98 Å². The Hall–Kier alpha value is -3.48. The fraction of sp³-hybridized carbons (Fsp3) is 0.0800. The number of nitrogens with zero attached hydrogens (tertiary/aromatic N) is 1. The largest absolute Gasteiger partial charge is 0.484 e. The zero-order valence-electron chi connectivity index (χ0n) is 16.8. The lowest BCUT2D eigenvalue weighted by molar-refractivity contribution is -0.118. The number of amides is 1. The summed E-state index contributed by atoms with van der Waals surface area (Å²) in [7, 11) is 0. The summed E-state index contributed by atoms with van der Waals surface area (Å²) >= 11 is 7.43. The predicted octanol–water partition coefficient (Wildman–Crippen LogP) is 5.79. The lowest BCUT2D eigenvalue weighted by atomic mass is 10.1. The van der Waals surface area contributed by atoms with Crippen molar-refractivity contribution in [3.63, 3.8) is 0 Å². The van der Waals surface area contributed by atoms with Crippen LogP contribution in [0.25, 0.3) is 16.3 Å². The summed E-state index contributed by atoms with van der Waals surface area (Å²) in [5.74, 6) is 0.303. The summed E-state index contributed by atoms with van der Waals surface area (Å²) in [6.45, 7) is -0.120. The molecule has 0 saturated carbocycles. The summed E-state index contributed by atoms with van der Waals surface area (Å²) < 4.78 is 6.60. The first-order chi connectivity index (χ1) is 15.5. The van der Waals surface area contributed by atoms with Crippen molar-refractivity contribution in [3.8, 4) is 5.75 Å². The highest BCUT2D eigenvalue weighted by Gasteiger charge is 2.24. The molecular formula is C25H17ClN2O3S. The number of anilines is 1. The Labute approximate surface area is 193 Å². The number of ketones is 1. The Morgan fingerprint density at radius 2 is 1.94 bits per heavy atom. The molecule has 5 nitrogen and oxygen atoms in total. The number of fused-ring (bicyclic) bond motifs is 2. The number of ether oxygens (including phenoxy) is 1. The molecular weight excluding hydrogens is 444 g/mol. The maximum atomic E-state index is 12.6. The Bertz CT molecular complexity index is 1340. The molecule has 4 aromatic rings. The minimum Gasteiger partial charge on any atom is -0.484 e. The highest BCUT2D eigenvalue weighted by atomic mass is 35.5. The van der Waals surface area contributed by atoms with Gasteiger partial charge in [-0.3, -0.25) is 14.9 Å². The lowest BCUT2D eigenvalue weighted by Crippen LogP contribution is -2.19. The number of para-hydroxylation sites is 1. The second-order valence-corrected chi connectivity index (χ2v) is 8.84. The van der Waals surface area contributed by atoms with Crippen molar-refractivity contribution >= 4 is 56.1 Å². The number of Topliss-reactive ketones (excluding diaryl/α,β-unsaturated/α-hetero) is 1. The monoisotopic (exact) mass is 460 g/mol. The molecule has 0 atom stereocenters. The van der Waals surface area contributed by atoms with Crippen LogP contribution >= 0.6 is 22.9 Å². The third-order valence-electron chi connectivity index (χ3n) is 5.12. The van der Waals surface area contributed by atoms with E-state index in [9.17, 15) is 9.59 Å². The summed E-state index contributed by atoms with van der Waals surface area (Å²) in [6.07, 6.45) is 2.47. The number of hydrogen-bond donors (Lipinski definition) is 1. The molecule has 0 radical (unpaired) electrons. The highest BCUT2D eigenvalue weighted by Crippen LogP contribution is 2.30. The van der Waals surface area contributed by atoms with E-state index in [1.165, 1.54) is 11.3 Å². The molecule has 1 aliphatic rings. The average molecular weight is 461 g/mol. The van der Waals surface area contributed by atoms with Crippen molar-refractivity contribution in [2.45, 2.75) is 6.42 Å². The fourth-order valence-corrected chi connectivity index (χ4v) is 4.63. The van der Waals surface area contributed by atoms with E-state index in [2.05, 4.69) is 10.3 Å². The molecule has 0 fully saturated rings. The summed E-state index contributed by atoms with van der Waals surface area (Å²) in [6, 6.07) is 20.4. The van der Waals surface area contributed by atoms with Gasteiger partial charge in [-0.2, -0.15) is 0 Å². The van der Waals surface area contributed by atoms with Gasteiger partial charge in [0.25, 0.3) is 5.91 Å². The molecule has 5 rings (SSSR count). The molecule has 158 valence electrons. The van der Waals surface area contributed by atoms with Crippen LogP contribution < -0.4 is 10.1 Å². The van der Waals surface area contributed by atoms with Gasteiger partial charge in [0.05, 0.1) is 10.2 Å². The number of thiazole rings is 1. The average Bonchev–Trinajstić information content (AvgIpc) is 3.33. The van der Waals surface area contributed by atoms with Crippen molar-refractivity contribution < 1.29 is 14.3 Å². The van der Waals surface area contributed by atoms with Gasteiger partial charge in [-0.25, -0.2) is 4.98 Å². The van der Waals surface area contributed by atoms with Gasteiger partial charge in [0.1, 0.15) is 5.75 Å². The van der Waals surface area contributed by atoms with E-state index in [4.69, 9.17) is 16.3 Å². The van der Waals surface area contributed by atoms with E-state index in [1.54, 1.807) is 24.3 Å². The quantitative estimate of drug-likeness (QED) is 0.383. The molecule has 0 unspecified atom stereocenters. The van der Waals surface area contributed by atoms with Gasteiger partial charge in [0.15, 0.2) is 17.5 Å². The number of rotatable bonds is 5. The maximum Gasteiger partial charge on any atom is 0.264 e. The molecule has 1 amide bonds. The van der Waals surface area contributed by atoms with Crippen LogP contribution in [0, 0.1) is 0 Å². The van der Waals surface area contributed by atoms with Crippen LogP contribution in [-0.4, -0.2) is 23.3 Å². The van der Waals surface area contributed by atoms with E-state index in [0.29, 0.717) is 27.9 Å². The summed E-state index contributed by atoms with van der Waals surface area (Å²) in [5.41, 5.74) is 4.13. The molecule has 1 heterocycles. The molecule has 0 bridgehead atoms. The van der Waals surface area contributed by atoms with Crippen LogP contribution in [0.15, 0.2) is 72.3 Å². The normalized spacial score (nSPS) is 14.0. The first-order valence-electron chi connectivity index (χ1n) is 9.97. The van der Waals surface area contributed by atoms with Crippen LogP contribution in [0.5, 0.6) is 5.75 Å². The topological polar surface area (TPSA) is 68.3 Å². The van der Waals surface area contributed by atoms with E-state index in [0.717, 1.165) is 26.9 Å². The molecule has 1 aromatic heterocycles. The van der Waals surface area contributed by atoms with Crippen LogP contribution in [0.2, 0.25) is 5.02 Å². The molecule has 0 aliphatic heterocycles. The molecule has 0 saturated heterocycles. The Morgan fingerprint density at radius 3 is 2.75 bits per heavy atom. The smallest absolute Gasteiger partial charge is 0.264 e. The summed E-state index contributed by atoms with van der Waals surface area (Å²) in [5, 5.41) is 3.87.